The number of pyridine rings is 1. The lowest BCUT2D eigenvalue weighted by molar-refractivity contribution is -0.113. The summed E-state index contributed by atoms with van der Waals surface area (Å²) in [7, 11) is 0. The Hall–Kier alpha value is -2.36. The predicted octanol–water partition coefficient (Wildman–Crippen LogP) is 5.44. The molecule has 2 heterocycles. The normalized spacial score (nSPS) is 10.8. The number of fused-ring (bicyclic) bond motifs is 1. The Morgan fingerprint density at radius 1 is 1.19 bits per heavy atom. The molecule has 3 aromatic rings. The average molecular weight is 396 g/mol. The molecular formula is C21H21N3OS2. The minimum atomic E-state index is -0.127. The van der Waals surface area contributed by atoms with Crippen LogP contribution in [0.3, 0.4) is 0 Å². The third kappa shape index (κ3) is 4.00. The van der Waals surface area contributed by atoms with Crippen molar-refractivity contribution in [2.45, 2.75) is 39.6 Å². The van der Waals surface area contributed by atoms with E-state index in [1.807, 2.05) is 19.9 Å². The van der Waals surface area contributed by atoms with Gasteiger partial charge in [-0.2, -0.15) is 5.26 Å². The van der Waals surface area contributed by atoms with Crippen molar-refractivity contribution in [3.8, 4) is 6.07 Å². The van der Waals surface area contributed by atoms with Crippen LogP contribution in [0.5, 0.6) is 0 Å². The maximum Gasteiger partial charge on any atom is 0.235 e. The minimum Gasteiger partial charge on any atom is -0.316 e. The third-order valence-electron chi connectivity index (χ3n) is 4.53. The number of aryl methyl sites for hydroxylation is 4. The van der Waals surface area contributed by atoms with E-state index in [1.54, 1.807) is 0 Å². The van der Waals surface area contributed by atoms with Gasteiger partial charge in [0.2, 0.25) is 5.91 Å². The molecule has 3 rings (SSSR count). The summed E-state index contributed by atoms with van der Waals surface area (Å²) in [5, 5.41) is 14.8. The standard InChI is InChI=1S/C21H21N3OS2/c1-11-6-13(3)20-16(7-11)12(2)8-19(24-20)26-10-18(25)23-21-17(9-22)14(4)15(5)27-21/h6-8H,10H2,1-5H3,(H,23,25). The summed E-state index contributed by atoms with van der Waals surface area (Å²) in [6.45, 7) is 10.1. The van der Waals surface area contributed by atoms with Gasteiger partial charge in [0.05, 0.1) is 21.9 Å². The number of hydrogen-bond acceptors (Lipinski definition) is 5. The van der Waals surface area contributed by atoms with E-state index in [0.717, 1.165) is 37.5 Å². The van der Waals surface area contributed by atoms with Crippen molar-refractivity contribution < 1.29 is 4.79 Å². The van der Waals surface area contributed by atoms with Crippen molar-refractivity contribution in [3.63, 3.8) is 0 Å². The van der Waals surface area contributed by atoms with E-state index in [4.69, 9.17) is 4.98 Å². The number of carbonyl (C=O) groups is 1. The summed E-state index contributed by atoms with van der Waals surface area (Å²) in [6.07, 6.45) is 0. The number of rotatable bonds is 4. The smallest absolute Gasteiger partial charge is 0.235 e. The highest BCUT2D eigenvalue weighted by atomic mass is 32.2. The average Bonchev–Trinajstić information content (AvgIpc) is 2.87. The Balaban J connectivity index is 1.76. The molecule has 0 unspecified atom stereocenters. The lowest BCUT2D eigenvalue weighted by Gasteiger charge is -2.10. The molecule has 138 valence electrons. The summed E-state index contributed by atoms with van der Waals surface area (Å²) in [6, 6.07) is 8.48. The molecule has 0 fully saturated rings. The number of nitriles is 1. The SMILES string of the molecule is Cc1cc(C)c2nc(SCC(=O)Nc3sc(C)c(C)c3C#N)cc(C)c2c1. The Morgan fingerprint density at radius 2 is 1.93 bits per heavy atom. The van der Waals surface area contributed by atoms with Gasteiger partial charge in [0.1, 0.15) is 11.1 Å². The van der Waals surface area contributed by atoms with E-state index in [-0.39, 0.29) is 11.7 Å². The number of aromatic nitrogens is 1. The van der Waals surface area contributed by atoms with Crippen LogP contribution in [-0.2, 0) is 4.79 Å². The first kappa shape index (κ1) is 19.4. The van der Waals surface area contributed by atoms with Gasteiger partial charge in [-0.3, -0.25) is 4.79 Å². The monoisotopic (exact) mass is 395 g/mol. The van der Waals surface area contributed by atoms with Crippen LogP contribution in [0.4, 0.5) is 5.00 Å². The van der Waals surface area contributed by atoms with E-state index in [0.29, 0.717) is 10.6 Å². The molecule has 0 radical (unpaired) electrons. The molecule has 27 heavy (non-hydrogen) atoms. The van der Waals surface area contributed by atoms with E-state index in [9.17, 15) is 10.1 Å². The highest BCUT2D eigenvalue weighted by Crippen LogP contribution is 2.32. The molecule has 0 aliphatic heterocycles. The number of nitrogens with zero attached hydrogens (tertiary/aromatic N) is 2. The summed E-state index contributed by atoms with van der Waals surface area (Å²) >= 11 is 2.86. The molecule has 2 aromatic heterocycles. The third-order valence-corrected chi connectivity index (χ3v) is 6.57. The van der Waals surface area contributed by atoms with Crippen LogP contribution in [0.15, 0.2) is 23.2 Å². The van der Waals surface area contributed by atoms with Crippen LogP contribution in [-0.4, -0.2) is 16.6 Å². The van der Waals surface area contributed by atoms with E-state index >= 15 is 0 Å². The Labute approximate surface area is 167 Å². The first-order chi connectivity index (χ1) is 12.8. The summed E-state index contributed by atoms with van der Waals surface area (Å²) in [5.41, 5.74) is 6.00. The van der Waals surface area contributed by atoms with E-state index in [2.05, 4.69) is 44.3 Å². The fraction of sp³-hybridized carbons (Fsp3) is 0.286. The first-order valence-electron chi connectivity index (χ1n) is 8.61. The second-order valence-electron chi connectivity index (χ2n) is 6.69. The molecule has 4 nitrogen and oxygen atoms in total. The number of anilines is 1. The zero-order valence-corrected chi connectivity index (χ0v) is 17.7. The van der Waals surface area contributed by atoms with E-state index in [1.165, 1.54) is 28.7 Å². The molecule has 6 heteroatoms. The molecule has 0 aliphatic rings. The summed E-state index contributed by atoms with van der Waals surface area (Å²) < 4.78 is 0. The van der Waals surface area contributed by atoms with Crippen molar-refractivity contribution in [2.75, 3.05) is 11.1 Å². The highest BCUT2D eigenvalue weighted by molar-refractivity contribution is 7.99. The molecule has 0 saturated heterocycles. The lowest BCUT2D eigenvalue weighted by atomic mass is 10.0. The van der Waals surface area contributed by atoms with Crippen molar-refractivity contribution in [1.29, 1.82) is 5.26 Å². The predicted molar refractivity (Wildman–Crippen MR) is 114 cm³/mol. The molecule has 1 aromatic carbocycles. The van der Waals surface area contributed by atoms with Gasteiger partial charge in [0, 0.05) is 10.3 Å². The Kier molecular flexibility index (Phi) is 5.54. The van der Waals surface area contributed by atoms with Gasteiger partial charge in [0.25, 0.3) is 0 Å². The zero-order valence-electron chi connectivity index (χ0n) is 16.1. The molecule has 0 saturated carbocycles. The lowest BCUT2D eigenvalue weighted by Crippen LogP contribution is -2.14. The van der Waals surface area contributed by atoms with Gasteiger partial charge >= 0.3 is 0 Å². The van der Waals surface area contributed by atoms with Crippen molar-refractivity contribution in [1.82, 2.24) is 4.98 Å². The highest BCUT2D eigenvalue weighted by Gasteiger charge is 2.15. The van der Waals surface area contributed by atoms with Gasteiger partial charge in [-0.25, -0.2) is 4.98 Å². The number of amides is 1. The van der Waals surface area contributed by atoms with Crippen LogP contribution < -0.4 is 5.32 Å². The number of nitrogens with one attached hydrogen (secondary N) is 1. The fourth-order valence-electron chi connectivity index (χ4n) is 3.04. The number of thioether (sulfide) groups is 1. The van der Waals surface area contributed by atoms with E-state index < -0.39 is 0 Å². The molecule has 0 aliphatic carbocycles. The minimum absolute atomic E-state index is 0.127. The maximum atomic E-state index is 12.4. The fourth-order valence-corrected chi connectivity index (χ4v) is 4.83. The molecular weight excluding hydrogens is 374 g/mol. The van der Waals surface area contributed by atoms with Crippen LogP contribution >= 0.6 is 23.1 Å². The second-order valence-corrected chi connectivity index (χ2v) is 8.91. The van der Waals surface area contributed by atoms with Gasteiger partial charge in [0.15, 0.2) is 0 Å². The molecule has 0 bridgehead atoms. The molecule has 1 amide bonds. The van der Waals surface area contributed by atoms with Crippen LogP contribution in [0.1, 0.15) is 32.7 Å². The Morgan fingerprint density at radius 3 is 2.63 bits per heavy atom. The van der Waals surface area contributed by atoms with Gasteiger partial charge in [-0.15, -0.1) is 11.3 Å². The van der Waals surface area contributed by atoms with Crippen molar-refractivity contribution >= 4 is 44.9 Å². The van der Waals surface area contributed by atoms with Gasteiger partial charge in [-0.1, -0.05) is 23.4 Å². The molecule has 1 N–H and O–H groups in total. The number of benzene rings is 1. The van der Waals surface area contributed by atoms with Gasteiger partial charge < -0.3 is 5.32 Å². The summed E-state index contributed by atoms with van der Waals surface area (Å²) in [4.78, 5) is 18.2. The van der Waals surface area contributed by atoms with Crippen LogP contribution in [0, 0.1) is 45.9 Å². The van der Waals surface area contributed by atoms with Gasteiger partial charge in [-0.05, 0) is 63.4 Å². The second kappa shape index (κ2) is 7.71. The first-order valence-corrected chi connectivity index (χ1v) is 10.4. The molecule has 0 atom stereocenters. The number of hydrogen-bond donors (Lipinski definition) is 1. The van der Waals surface area contributed by atoms with Crippen molar-refractivity contribution in [2.24, 2.45) is 0 Å². The number of carbonyl (C=O) groups excluding carboxylic acids is 1. The Bertz CT molecular complexity index is 1090. The zero-order chi connectivity index (χ0) is 19.7. The molecule has 0 spiro atoms. The quantitative estimate of drug-likeness (QED) is 0.597. The van der Waals surface area contributed by atoms with Crippen LogP contribution in [0.25, 0.3) is 10.9 Å². The summed E-state index contributed by atoms with van der Waals surface area (Å²) in [5.74, 6) is 0.127. The maximum absolute atomic E-state index is 12.4. The van der Waals surface area contributed by atoms with Crippen LogP contribution in [0.2, 0.25) is 0 Å². The topological polar surface area (TPSA) is 65.8 Å². The largest absolute Gasteiger partial charge is 0.316 e. The van der Waals surface area contributed by atoms with Crippen molar-refractivity contribution in [3.05, 3.63) is 50.9 Å². The number of thiophene rings is 1.